The number of aromatic amines is 1. The zero-order valence-electron chi connectivity index (χ0n) is 13.4. The van der Waals surface area contributed by atoms with Gasteiger partial charge in [0.05, 0.1) is 27.5 Å². The molecule has 4 rings (SSSR count). The molecule has 3 aromatic rings. The van der Waals surface area contributed by atoms with Gasteiger partial charge in [0, 0.05) is 18.4 Å². The van der Waals surface area contributed by atoms with Crippen molar-refractivity contribution in [2.24, 2.45) is 0 Å². The van der Waals surface area contributed by atoms with Gasteiger partial charge < -0.3 is 15.2 Å². The lowest BCUT2D eigenvalue weighted by Crippen LogP contribution is -2.41. The second-order valence-electron chi connectivity index (χ2n) is 5.90. The fourth-order valence-electron chi connectivity index (χ4n) is 2.92. The maximum atomic E-state index is 12.6. The zero-order valence-corrected chi connectivity index (χ0v) is 14.9. The Kier molecular flexibility index (Phi) is 4.26. The van der Waals surface area contributed by atoms with Crippen molar-refractivity contribution in [1.29, 1.82) is 0 Å². The van der Waals surface area contributed by atoms with E-state index in [2.05, 4.69) is 20.3 Å². The largest absolute Gasteiger partial charge is 0.343 e. The van der Waals surface area contributed by atoms with Gasteiger partial charge in [-0.3, -0.25) is 9.59 Å². The molecule has 0 aliphatic carbocycles. The van der Waals surface area contributed by atoms with Crippen molar-refractivity contribution in [3.05, 3.63) is 52.4 Å². The van der Waals surface area contributed by atoms with Crippen molar-refractivity contribution in [3.8, 4) is 0 Å². The number of hydrogen-bond acceptors (Lipinski definition) is 4. The minimum atomic E-state index is -0.602. The number of H-pyrrole nitrogens is 1. The molecule has 1 aliphatic heterocycles. The summed E-state index contributed by atoms with van der Waals surface area (Å²) < 4.78 is 0. The predicted octanol–water partition coefficient (Wildman–Crippen LogP) is 2.80. The van der Waals surface area contributed by atoms with Crippen LogP contribution in [0.4, 0.5) is 5.69 Å². The van der Waals surface area contributed by atoms with Crippen molar-refractivity contribution in [3.63, 3.8) is 0 Å². The maximum absolute atomic E-state index is 12.6. The van der Waals surface area contributed by atoms with E-state index >= 15 is 0 Å². The number of nitrogens with one attached hydrogen (secondary N) is 2. The number of amides is 2. The number of hydrogen-bond donors (Lipinski definition) is 2. The molecule has 3 heterocycles. The van der Waals surface area contributed by atoms with Gasteiger partial charge in [0.1, 0.15) is 6.04 Å². The van der Waals surface area contributed by atoms with E-state index in [-0.39, 0.29) is 11.8 Å². The van der Waals surface area contributed by atoms with E-state index in [1.165, 1.54) is 12.5 Å². The van der Waals surface area contributed by atoms with Gasteiger partial charge >= 0.3 is 0 Å². The summed E-state index contributed by atoms with van der Waals surface area (Å²) >= 11 is 11.9. The number of rotatable bonds is 3. The van der Waals surface area contributed by atoms with Gasteiger partial charge in [-0.1, -0.05) is 23.2 Å². The van der Waals surface area contributed by atoms with Gasteiger partial charge in [0.15, 0.2) is 5.65 Å². The lowest BCUT2D eigenvalue weighted by Gasteiger charge is -2.18. The molecule has 26 heavy (non-hydrogen) atoms. The number of pyridine rings is 1. The van der Waals surface area contributed by atoms with Crippen molar-refractivity contribution >= 4 is 51.9 Å². The third kappa shape index (κ3) is 3.00. The van der Waals surface area contributed by atoms with Gasteiger partial charge in [-0.05, 0) is 30.7 Å². The van der Waals surface area contributed by atoms with Crippen LogP contribution in [0.3, 0.4) is 0 Å². The summed E-state index contributed by atoms with van der Waals surface area (Å²) in [6.45, 7) is 0.486. The highest BCUT2D eigenvalue weighted by Crippen LogP contribution is 2.29. The Balaban J connectivity index is 1.49. The Morgan fingerprint density at radius 1 is 1.23 bits per heavy atom. The van der Waals surface area contributed by atoms with Gasteiger partial charge in [-0.2, -0.15) is 0 Å². The Morgan fingerprint density at radius 2 is 2.08 bits per heavy atom. The Hall–Kier alpha value is -2.64. The third-order valence-corrected chi connectivity index (χ3v) is 5.00. The number of imidazole rings is 1. The van der Waals surface area contributed by atoms with E-state index in [9.17, 15) is 9.59 Å². The maximum Gasteiger partial charge on any atom is 0.253 e. The summed E-state index contributed by atoms with van der Waals surface area (Å²) in [6.07, 6.45) is 3.45. The predicted molar refractivity (Wildman–Crippen MR) is 98.6 cm³/mol. The molecule has 9 heteroatoms. The summed E-state index contributed by atoms with van der Waals surface area (Å²) in [7, 11) is 0. The number of aromatic nitrogens is 3. The number of nitrogens with zero attached hydrogens (tertiary/aromatic N) is 3. The molecule has 2 amide bonds. The molecule has 1 atom stereocenters. The molecule has 1 aliphatic rings. The van der Waals surface area contributed by atoms with Gasteiger partial charge in [0.25, 0.3) is 5.91 Å². The van der Waals surface area contributed by atoms with Crippen LogP contribution in [-0.4, -0.2) is 39.4 Å². The monoisotopic (exact) mass is 389 g/mol. The van der Waals surface area contributed by atoms with E-state index in [1.54, 1.807) is 29.2 Å². The van der Waals surface area contributed by atoms with Crippen LogP contribution in [0.1, 0.15) is 16.8 Å². The highest BCUT2D eigenvalue weighted by Gasteiger charge is 2.34. The Bertz CT molecular complexity index is 1020. The first-order valence-electron chi connectivity index (χ1n) is 7.89. The first kappa shape index (κ1) is 16.8. The van der Waals surface area contributed by atoms with Crippen LogP contribution in [-0.2, 0) is 4.79 Å². The lowest BCUT2D eigenvalue weighted by atomic mass is 10.2. The van der Waals surface area contributed by atoms with E-state index in [0.717, 1.165) is 0 Å². The molecule has 2 aromatic heterocycles. The van der Waals surface area contributed by atoms with Gasteiger partial charge in [0.2, 0.25) is 5.91 Å². The van der Waals surface area contributed by atoms with Crippen molar-refractivity contribution in [1.82, 2.24) is 20.3 Å². The number of fused-ring (bicyclic) bond motifs is 1. The standard InChI is InChI=1S/C17H13Cl2N5O2/c18-11-2-1-10(6-12(11)19)24-4-3-13(17(24)26)23-16(25)9-5-14-15(20-7-9)22-8-21-14/h1-2,5-8,13H,3-4H2,(H,23,25)(H,20,21,22). The molecule has 1 aromatic carbocycles. The summed E-state index contributed by atoms with van der Waals surface area (Å²) in [6, 6.07) is 6.06. The summed E-state index contributed by atoms with van der Waals surface area (Å²) in [5, 5.41) is 3.57. The Labute approximate surface area is 158 Å². The Morgan fingerprint density at radius 3 is 2.88 bits per heavy atom. The average Bonchev–Trinajstić information content (AvgIpc) is 3.24. The molecule has 0 spiro atoms. The highest BCUT2D eigenvalue weighted by molar-refractivity contribution is 6.42. The number of halogens is 2. The molecule has 1 unspecified atom stereocenters. The number of benzene rings is 1. The minimum Gasteiger partial charge on any atom is -0.343 e. The minimum absolute atomic E-state index is 0.188. The molecule has 0 bridgehead atoms. The van der Waals surface area contributed by atoms with E-state index in [4.69, 9.17) is 23.2 Å². The highest BCUT2D eigenvalue weighted by atomic mass is 35.5. The smallest absolute Gasteiger partial charge is 0.253 e. The van der Waals surface area contributed by atoms with Crippen LogP contribution in [0.5, 0.6) is 0 Å². The summed E-state index contributed by atoms with van der Waals surface area (Å²) in [5.74, 6) is -0.546. The zero-order chi connectivity index (χ0) is 18.3. The second-order valence-corrected chi connectivity index (χ2v) is 6.72. The van der Waals surface area contributed by atoms with Gasteiger partial charge in [-0.25, -0.2) is 9.97 Å². The molecular formula is C17H13Cl2N5O2. The fourth-order valence-corrected chi connectivity index (χ4v) is 3.21. The molecule has 1 saturated heterocycles. The summed E-state index contributed by atoms with van der Waals surface area (Å²) in [5.41, 5.74) is 2.21. The topological polar surface area (TPSA) is 91.0 Å². The third-order valence-electron chi connectivity index (χ3n) is 4.26. The van der Waals surface area contributed by atoms with E-state index < -0.39 is 6.04 Å². The summed E-state index contributed by atoms with van der Waals surface area (Å²) in [4.78, 5) is 37.7. The van der Waals surface area contributed by atoms with Crippen LogP contribution < -0.4 is 10.2 Å². The number of carbonyl (C=O) groups is 2. The normalized spacial score (nSPS) is 17.1. The van der Waals surface area contributed by atoms with E-state index in [0.29, 0.717) is 45.4 Å². The van der Waals surface area contributed by atoms with Crippen molar-refractivity contribution < 1.29 is 9.59 Å². The van der Waals surface area contributed by atoms with Crippen LogP contribution in [0.2, 0.25) is 10.0 Å². The SMILES string of the molecule is O=C(NC1CCN(c2ccc(Cl)c(Cl)c2)C1=O)c1cnc2nc[nH]c2c1. The van der Waals surface area contributed by atoms with Gasteiger partial charge in [-0.15, -0.1) is 0 Å². The number of carbonyl (C=O) groups excluding carboxylic acids is 2. The average molecular weight is 390 g/mol. The lowest BCUT2D eigenvalue weighted by molar-refractivity contribution is -0.118. The quantitative estimate of drug-likeness (QED) is 0.720. The molecular weight excluding hydrogens is 377 g/mol. The molecule has 7 nitrogen and oxygen atoms in total. The van der Waals surface area contributed by atoms with Crippen molar-refractivity contribution in [2.45, 2.75) is 12.5 Å². The number of anilines is 1. The molecule has 0 radical (unpaired) electrons. The van der Waals surface area contributed by atoms with Crippen LogP contribution >= 0.6 is 23.2 Å². The van der Waals surface area contributed by atoms with Crippen LogP contribution in [0.25, 0.3) is 11.2 Å². The van der Waals surface area contributed by atoms with Crippen molar-refractivity contribution in [2.75, 3.05) is 11.4 Å². The molecule has 1 fully saturated rings. The molecule has 132 valence electrons. The van der Waals surface area contributed by atoms with E-state index in [1.807, 2.05) is 0 Å². The van der Waals surface area contributed by atoms with Crippen LogP contribution in [0, 0.1) is 0 Å². The first-order valence-corrected chi connectivity index (χ1v) is 8.65. The molecule has 0 saturated carbocycles. The first-order chi connectivity index (χ1) is 12.5. The second kappa shape index (κ2) is 6.59. The molecule has 2 N–H and O–H groups in total. The van der Waals surface area contributed by atoms with Crippen LogP contribution in [0.15, 0.2) is 36.8 Å². The fraction of sp³-hybridized carbons (Fsp3) is 0.176.